The number of ether oxygens (including phenoxy) is 1. The summed E-state index contributed by atoms with van der Waals surface area (Å²) in [7, 11) is 0. The maximum absolute atomic E-state index is 12.4. The molecule has 5 nitrogen and oxygen atoms in total. The van der Waals surface area contributed by atoms with Gasteiger partial charge in [0, 0.05) is 13.1 Å². The summed E-state index contributed by atoms with van der Waals surface area (Å²) in [6.07, 6.45) is -4.32. The third-order valence-corrected chi connectivity index (χ3v) is 2.68. The molecule has 96 valence electrons. The molecule has 1 aliphatic rings. The van der Waals surface area contributed by atoms with Crippen molar-refractivity contribution >= 4 is 18.2 Å². The zero-order valence-electron chi connectivity index (χ0n) is 8.83. The largest absolute Gasteiger partial charge is 0.406 e. The highest BCUT2D eigenvalue weighted by Crippen LogP contribution is 2.22. The number of morpholine rings is 1. The minimum absolute atomic E-state index is 0.0242. The Morgan fingerprint density at radius 1 is 1.35 bits per heavy atom. The van der Waals surface area contributed by atoms with E-state index in [4.69, 9.17) is 17.0 Å². The molecule has 1 fully saturated rings. The second-order valence-electron chi connectivity index (χ2n) is 3.63. The minimum atomic E-state index is -4.32. The summed E-state index contributed by atoms with van der Waals surface area (Å²) < 4.78 is 43.2. The summed E-state index contributed by atoms with van der Waals surface area (Å²) in [6.45, 7) is 0.848. The Kier molecular flexibility index (Phi) is 3.38. The Labute approximate surface area is 100 Å². The van der Waals surface area contributed by atoms with Crippen LogP contribution in [0.3, 0.4) is 0 Å². The standard InChI is InChI=1S/C8H11F3N4OS/c9-8(10,11)5-15-6(12-13-7(15)17)14-1-3-16-4-2-14/h1-5H2,(H,13,17). The van der Waals surface area contributed by atoms with Gasteiger partial charge in [-0.25, -0.2) is 5.10 Å². The van der Waals surface area contributed by atoms with Gasteiger partial charge in [-0.15, -0.1) is 5.10 Å². The second kappa shape index (κ2) is 4.65. The van der Waals surface area contributed by atoms with Gasteiger partial charge in [0.05, 0.1) is 13.2 Å². The number of alkyl halides is 3. The molecule has 9 heteroatoms. The van der Waals surface area contributed by atoms with Gasteiger partial charge in [0.15, 0.2) is 4.77 Å². The van der Waals surface area contributed by atoms with Crippen LogP contribution in [-0.2, 0) is 11.3 Å². The molecule has 0 aliphatic carbocycles. The maximum atomic E-state index is 12.4. The van der Waals surface area contributed by atoms with Crippen LogP contribution in [-0.4, -0.2) is 47.2 Å². The topological polar surface area (TPSA) is 46.1 Å². The number of halogens is 3. The van der Waals surface area contributed by atoms with Crippen molar-refractivity contribution < 1.29 is 17.9 Å². The first kappa shape index (κ1) is 12.4. The van der Waals surface area contributed by atoms with Crippen LogP contribution >= 0.6 is 12.2 Å². The van der Waals surface area contributed by atoms with Crippen LogP contribution in [0.1, 0.15) is 0 Å². The molecule has 0 aromatic carbocycles. The summed E-state index contributed by atoms with van der Waals surface area (Å²) in [4.78, 5) is 1.72. The minimum Gasteiger partial charge on any atom is -0.378 e. The van der Waals surface area contributed by atoms with Crippen LogP contribution in [0.15, 0.2) is 0 Å². The molecule has 17 heavy (non-hydrogen) atoms. The van der Waals surface area contributed by atoms with Crippen molar-refractivity contribution in [2.75, 3.05) is 31.2 Å². The van der Waals surface area contributed by atoms with Gasteiger partial charge in [-0.3, -0.25) is 4.57 Å². The van der Waals surface area contributed by atoms with Gasteiger partial charge in [-0.2, -0.15) is 13.2 Å². The van der Waals surface area contributed by atoms with Crippen LogP contribution in [0.25, 0.3) is 0 Å². The molecule has 2 heterocycles. The van der Waals surface area contributed by atoms with Crippen molar-refractivity contribution in [1.29, 1.82) is 0 Å². The summed E-state index contributed by atoms with van der Waals surface area (Å²) >= 11 is 4.80. The highest BCUT2D eigenvalue weighted by Gasteiger charge is 2.31. The second-order valence-corrected chi connectivity index (χ2v) is 4.02. The fourth-order valence-corrected chi connectivity index (χ4v) is 1.83. The lowest BCUT2D eigenvalue weighted by Crippen LogP contribution is -2.38. The fourth-order valence-electron chi connectivity index (χ4n) is 1.64. The lowest BCUT2D eigenvalue weighted by atomic mass is 10.4. The van der Waals surface area contributed by atoms with Crippen LogP contribution in [0.2, 0.25) is 0 Å². The molecule has 0 amide bonds. The Bertz CT molecular complexity index is 435. The lowest BCUT2D eigenvalue weighted by Gasteiger charge is -2.27. The number of nitrogens with zero attached hydrogens (tertiary/aromatic N) is 3. The monoisotopic (exact) mass is 268 g/mol. The smallest absolute Gasteiger partial charge is 0.378 e. The Morgan fingerprint density at radius 2 is 2.00 bits per heavy atom. The van der Waals surface area contributed by atoms with Gasteiger partial charge >= 0.3 is 6.18 Å². The molecule has 1 aliphatic heterocycles. The number of H-pyrrole nitrogens is 1. The predicted molar refractivity (Wildman–Crippen MR) is 56.5 cm³/mol. The van der Waals surface area contributed by atoms with Crippen LogP contribution < -0.4 is 4.90 Å². The first-order valence-corrected chi connectivity index (χ1v) is 5.43. The van der Waals surface area contributed by atoms with E-state index in [9.17, 15) is 13.2 Å². The van der Waals surface area contributed by atoms with Gasteiger partial charge in [0.2, 0.25) is 5.95 Å². The first-order chi connectivity index (χ1) is 7.97. The van der Waals surface area contributed by atoms with Crippen LogP contribution in [0, 0.1) is 4.77 Å². The van der Waals surface area contributed by atoms with E-state index >= 15 is 0 Å². The predicted octanol–water partition coefficient (Wildman–Crippen LogP) is 1.34. The van der Waals surface area contributed by atoms with E-state index in [2.05, 4.69) is 10.2 Å². The highest BCUT2D eigenvalue weighted by atomic mass is 32.1. The Morgan fingerprint density at radius 3 is 2.59 bits per heavy atom. The zero-order valence-corrected chi connectivity index (χ0v) is 9.64. The molecule has 1 aromatic heterocycles. The van der Waals surface area contributed by atoms with Gasteiger partial charge in [0.25, 0.3) is 0 Å². The molecule has 0 saturated carbocycles. The molecule has 0 radical (unpaired) electrons. The average Bonchev–Trinajstić information content (AvgIpc) is 2.60. The Hall–Kier alpha value is -1.09. The molecule has 0 bridgehead atoms. The molecule has 1 saturated heterocycles. The fraction of sp³-hybridized carbons (Fsp3) is 0.750. The summed E-state index contributed by atoms with van der Waals surface area (Å²) in [5.41, 5.74) is 0. The number of rotatable bonds is 2. The molecule has 0 spiro atoms. The number of aromatic amines is 1. The molecular weight excluding hydrogens is 257 g/mol. The van der Waals surface area contributed by atoms with E-state index in [-0.39, 0.29) is 10.7 Å². The van der Waals surface area contributed by atoms with E-state index in [1.807, 2.05) is 0 Å². The van der Waals surface area contributed by atoms with Crippen molar-refractivity contribution in [1.82, 2.24) is 14.8 Å². The van der Waals surface area contributed by atoms with Gasteiger partial charge < -0.3 is 9.64 Å². The molecule has 0 atom stereocenters. The summed E-state index contributed by atoms with van der Waals surface area (Å²) in [5, 5.41) is 6.23. The van der Waals surface area contributed by atoms with Crippen LogP contribution in [0.4, 0.5) is 19.1 Å². The number of anilines is 1. The third-order valence-electron chi connectivity index (χ3n) is 2.37. The number of hydrogen-bond acceptors (Lipinski definition) is 4. The molecule has 0 unspecified atom stereocenters. The lowest BCUT2D eigenvalue weighted by molar-refractivity contribution is -0.140. The number of nitrogens with one attached hydrogen (secondary N) is 1. The van der Waals surface area contributed by atoms with Gasteiger partial charge in [0.1, 0.15) is 6.54 Å². The Balaban J connectivity index is 2.25. The molecule has 2 rings (SSSR count). The van der Waals surface area contributed by atoms with Crippen molar-refractivity contribution in [3.05, 3.63) is 4.77 Å². The van der Waals surface area contributed by atoms with Gasteiger partial charge in [-0.05, 0) is 12.2 Å². The van der Waals surface area contributed by atoms with Gasteiger partial charge in [-0.1, -0.05) is 0 Å². The third kappa shape index (κ3) is 2.97. The van der Waals surface area contributed by atoms with E-state index in [0.29, 0.717) is 26.3 Å². The highest BCUT2D eigenvalue weighted by molar-refractivity contribution is 7.71. The summed E-state index contributed by atoms with van der Waals surface area (Å²) in [5.74, 6) is 0.218. The first-order valence-electron chi connectivity index (χ1n) is 5.02. The van der Waals surface area contributed by atoms with E-state index in [0.717, 1.165) is 4.57 Å². The maximum Gasteiger partial charge on any atom is 0.406 e. The number of aromatic nitrogens is 3. The van der Waals surface area contributed by atoms with Crippen molar-refractivity contribution in [3.8, 4) is 0 Å². The zero-order chi connectivity index (χ0) is 12.5. The molecule has 1 aromatic rings. The number of hydrogen-bond donors (Lipinski definition) is 1. The van der Waals surface area contributed by atoms with Crippen molar-refractivity contribution in [3.63, 3.8) is 0 Å². The van der Waals surface area contributed by atoms with E-state index in [1.165, 1.54) is 0 Å². The van der Waals surface area contributed by atoms with E-state index < -0.39 is 12.7 Å². The quantitative estimate of drug-likeness (QED) is 0.822. The van der Waals surface area contributed by atoms with Crippen LogP contribution in [0.5, 0.6) is 0 Å². The average molecular weight is 268 g/mol. The SMILES string of the molecule is FC(F)(F)Cn1c(N2CCOCC2)n[nH]c1=S. The van der Waals surface area contributed by atoms with Crippen molar-refractivity contribution in [2.24, 2.45) is 0 Å². The summed E-state index contributed by atoms with van der Waals surface area (Å²) in [6, 6.07) is 0. The molecule has 1 N–H and O–H groups in total. The molecular formula is C8H11F3N4OS. The van der Waals surface area contributed by atoms with Crippen molar-refractivity contribution in [2.45, 2.75) is 12.7 Å². The normalized spacial score (nSPS) is 17.5. The van der Waals surface area contributed by atoms with E-state index in [1.54, 1.807) is 4.90 Å².